The maximum atomic E-state index is 13.3. The minimum Gasteiger partial charge on any atom is -0.351 e. The number of amides is 1. The summed E-state index contributed by atoms with van der Waals surface area (Å²) < 4.78 is 26.3. The molecule has 1 N–H and O–H groups in total. The Labute approximate surface area is 147 Å². The maximum Gasteiger partial charge on any atom is 0.248 e. The summed E-state index contributed by atoms with van der Waals surface area (Å²) in [6.07, 6.45) is 2.45. The van der Waals surface area contributed by atoms with Crippen molar-refractivity contribution in [3.63, 3.8) is 0 Å². The zero-order chi connectivity index (χ0) is 18.4. The monoisotopic (exact) mass is 349 g/mol. The number of rotatable bonds is 6. The predicted molar refractivity (Wildman–Crippen MR) is 95.6 cm³/mol. The van der Waals surface area contributed by atoms with Crippen LogP contribution in [0.5, 0.6) is 0 Å². The van der Waals surface area contributed by atoms with E-state index in [0.717, 1.165) is 31.8 Å². The van der Waals surface area contributed by atoms with E-state index < -0.39 is 11.6 Å². The fraction of sp³-hybridized carbons (Fsp3) is 0.474. The average Bonchev–Trinajstić information content (AvgIpc) is 3.09. The molecule has 136 valence electrons. The molecule has 1 aliphatic rings. The van der Waals surface area contributed by atoms with Crippen molar-refractivity contribution in [1.82, 2.24) is 10.2 Å². The highest BCUT2D eigenvalue weighted by molar-refractivity contribution is 6.00. The molecule has 0 atom stereocenters. The Morgan fingerprint density at radius 2 is 1.84 bits per heavy atom. The van der Waals surface area contributed by atoms with E-state index in [4.69, 9.17) is 0 Å². The van der Waals surface area contributed by atoms with Gasteiger partial charge in [-0.3, -0.25) is 9.79 Å². The van der Waals surface area contributed by atoms with E-state index in [-0.39, 0.29) is 5.91 Å². The quantitative estimate of drug-likeness (QED) is 0.633. The zero-order valence-electron chi connectivity index (χ0n) is 15.0. The first-order chi connectivity index (χ1) is 11.9. The number of nitrogens with one attached hydrogen (secondary N) is 1. The van der Waals surface area contributed by atoms with Crippen molar-refractivity contribution in [3.8, 4) is 0 Å². The highest BCUT2D eigenvalue weighted by Crippen LogP contribution is 2.13. The average molecular weight is 349 g/mol. The summed E-state index contributed by atoms with van der Waals surface area (Å²) >= 11 is 0. The van der Waals surface area contributed by atoms with Crippen LogP contribution in [0, 0.1) is 11.6 Å². The van der Waals surface area contributed by atoms with Gasteiger partial charge in [-0.1, -0.05) is 6.07 Å². The van der Waals surface area contributed by atoms with Crippen LogP contribution >= 0.6 is 0 Å². The van der Waals surface area contributed by atoms with Gasteiger partial charge in [-0.05, 0) is 64.4 Å². The first-order valence-corrected chi connectivity index (χ1v) is 8.57. The summed E-state index contributed by atoms with van der Waals surface area (Å²) in [6, 6.07) is 3.64. The standard InChI is InChI=1S/C19H25F2N3O/c1-13(19(25)22-8-11-24-9-4-5-10-24)14(2)23-15(3)16-6-7-17(20)18(21)12-16/h6-7,12H,4-5,8-11H2,1-3H3,(H,22,25)/b14-13+,23-15+. The summed E-state index contributed by atoms with van der Waals surface area (Å²) in [5, 5.41) is 2.90. The van der Waals surface area contributed by atoms with Crippen LogP contribution in [0.2, 0.25) is 0 Å². The molecule has 1 aromatic carbocycles. The molecular formula is C19H25F2N3O. The number of carbonyl (C=O) groups excluding carboxylic acids is 1. The Morgan fingerprint density at radius 1 is 1.16 bits per heavy atom. The van der Waals surface area contributed by atoms with Crippen molar-refractivity contribution >= 4 is 11.6 Å². The molecule has 0 aromatic heterocycles. The Hall–Kier alpha value is -2.08. The van der Waals surface area contributed by atoms with Gasteiger partial charge >= 0.3 is 0 Å². The van der Waals surface area contributed by atoms with E-state index in [1.165, 1.54) is 18.9 Å². The van der Waals surface area contributed by atoms with Crippen LogP contribution in [0.1, 0.15) is 39.2 Å². The lowest BCUT2D eigenvalue weighted by Crippen LogP contribution is -2.34. The predicted octanol–water partition coefficient (Wildman–Crippen LogP) is 3.28. The molecule has 1 fully saturated rings. The molecule has 1 amide bonds. The van der Waals surface area contributed by atoms with Gasteiger partial charge in [0.15, 0.2) is 11.6 Å². The fourth-order valence-corrected chi connectivity index (χ4v) is 2.75. The summed E-state index contributed by atoms with van der Waals surface area (Å²) in [4.78, 5) is 18.9. The van der Waals surface area contributed by atoms with Crippen LogP contribution in [-0.2, 0) is 4.79 Å². The van der Waals surface area contributed by atoms with Crippen molar-refractivity contribution in [3.05, 3.63) is 46.7 Å². The normalized spacial score (nSPS) is 16.8. The van der Waals surface area contributed by atoms with E-state index >= 15 is 0 Å². The van der Waals surface area contributed by atoms with E-state index in [0.29, 0.717) is 29.1 Å². The lowest BCUT2D eigenvalue weighted by Gasteiger charge is -2.15. The van der Waals surface area contributed by atoms with Gasteiger partial charge in [-0.25, -0.2) is 8.78 Å². The minimum absolute atomic E-state index is 0.154. The van der Waals surface area contributed by atoms with Gasteiger partial charge in [0.2, 0.25) is 5.91 Å². The third-order valence-corrected chi connectivity index (χ3v) is 4.47. The minimum atomic E-state index is -0.912. The van der Waals surface area contributed by atoms with Crippen LogP contribution < -0.4 is 5.32 Å². The van der Waals surface area contributed by atoms with Crippen LogP contribution in [0.15, 0.2) is 34.5 Å². The molecule has 25 heavy (non-hydrogen) atoms. The number of carbonyl (C=O) groups is 1. The smallest absolute Gasteiger partial charge is 0.248 e. The molecule has 0 bridgehead atoms. The van der Waals surface area contributed by atoms with E-state index in [1.807, 2.05) is 0 Å². The van der Waals surface area contributed by atoms with Crippen molar-refractivity contribution in [2.24, 2.45) is 4.99 Å². The van der Waals surface area contributed by atoms with Crippen LogP contribution in [0.25, 0.3) is 0 Å². The summed E-state index contributed by atoms with van der Waals surface area (Å²) in [7, 11) is 0. The van der Waals surface area contributed by atoms with Crippen molar-refractivity contribution in [1.29, 1.82) is 0 Å². The topological polar surface area (TPSA) is 44.7 Å². The lowest BCUT2D eigenvalue weighted by atomic mass is 10.1. The number of halogens is 2. The maximum absolute atomic E-state index is 13.3. The number of aliphatic imine (C=N–C) groups is 1. The second kappa shape index (κ2) is 8.85. The molecule has 0 saturated carbocycles. The summed E-state index contributed by atoms with van der Waals surface area (Å²) in [5.74, 6) is -1.96. The molecule has 0 spiro atoms. The SMILES string of the molecule is C/C(=N\C(C)=C(/C)C(=O)NCCN1CCCC1)c1ccc(F)c(F)c1. The number of benzene rings is 1. The van der Waals surface area contributed by atoms with Gasteiger partial charge in [0.1, 0.15) is 0 Å². The van der Waals surface area contributed by atoms with Crippen LogP contribution in [0.3, 0.4) is 0 Å². The lowest BCUT2D eigenvalue weighted by molar-refractivity contribution is -0.117. The molecule has 0 aliphatic carbocycles. The van der Waals surface area contributed by atoms with Gasteiger partial charge in [0, 0.05) is 30.1 Å². The highest BCUT2D eigenvalue weighted by atomic mass is 19.2. The fourth-order valence-electron chi connectivity index (χ4n) is 2.75. The van der Waals surface area contributed by atoms with Gasteiger partial charge in [-0.2, -0.15) is 0 Å². The first-order valence-electron chi connectivity index (χ1n) is 8.57. The summed E-state index contributed by atoms with van der Waals surface area (Å²) in [6.45, 7) is 8.81. The number of hydrogen-bond acceptors (Lipinski definition) is 3. The van der Waals surface area contributed by atoms with Gasteiger partial charge in [-0.15, -0.1) is 0 Å². The Morgan fingerprint density at radius 3 is 2.48 bits per heavy atom. The molecule has 1 aromatic rings. The van der Waals surface area contributed by atoms with Crippen molar-refractivity contribution < 1.29 is 13.6 Å². The molecular weight excluding hydrogens is 324 g/mol. The Kier molecular flexibility index (Phi) is 6.82. The summed E-state index contributed by atoms with van der Waals surface area (Å²) in [5.41, 5.74) is 2.09. The Bertz CT molecular complexity index is 692. The number of likely N-dealkylation sites (tertiary alicyclic amines) is 1. The highest BCUT2D eigenvalue weighted by Gasteiger charge is 2.12. The molecule has 6 heteroatoms. The van der Waals surface area contributed by atoms with Gasteiger partial charge < -0.3 is 10.2 Å². The third-order valence-electron chi connectivity index (χ3n) is 4.47. The molecule has 1 aliphatic heterocycles. The molecule has 1 heterocycles. The van der Waals surface area contributed by atoms with E-state index in [1.54, 1.807) is 20.8 Å². The van der Waals surface area contributed by atoms with E-state index in [9.17, 15) is 13.6 Å². The largest absolute Gasteiger partial charge is 0.351 e. The molecule has 4 nitrogen and oxygen atoms in total. The zero-order valence-corrected chi connectivity index (χ0v) is 15.0. The Balaban J connectivity index is 1.98. The number of allylic oxidation sites excluding steroid dienone is 1. The second-order valence-electron chi connectivity index (χ2n) is 6.34. The molecule has 2 rings (SSSR count). The molecule has 1 saturated heterocycles. The van der Waals surface area contributed by atoms with Crippen molar-refractivity contribution in [2.45, 2.75) is 33.6 Å². The van der Waals surface area contributed by atoms with Crippen LogP contribution in [0.4, 0.5) is 8.78 Å². The van der Waals surface area contributed by atoms with Gasteiger partial charge in [0.25, 0.3) is 0 Å². The van der Waals surface area contributed by atoms with Crippen molar-refractivity contribution in [2.75, 3.05) is 26.2 Å². The second-order valence-corrected chi connectivity index (χ2v) is 6.34. The van der Waals surface area contributed by atoms with E-state index in [2.05, 4.69) is 15.2 Å². The van der Waals surface area contributed by atoms with Crippen LogP contribution in [-0.4, -0.2) is 42.7 Å². The molecule has 0 radical (unpaired) electrons. The first kappa shape index (κ1) is 19.2. The third kappa shape index (κ3) is 5.46. The number of nitrogens with zero attached hydrogens (tertiary/aromatic N) is 2. The van der Waals surface area contributed by atoms with Gasteiger partial charge in [0.05, 0.1) is 0 Å². The molecule has 0 unspecified atom stereocenters. The number of hydrogen-bond donors (Lipinski definition) is 1.